The van der Waals surface area contributed by atoms with Crippen LogP contribution in [0.5, 0.6) is 0 Å². The summed E-state index contributed by atoms with van der Waals surface area (Å²) in [6, 6.07) is -9.88. The third-order valence-electron chi connectivity index (χ3n) is 22.0. The molecule has 26 nitrogen and oxygen atoms in total. The summed E-state index contributed by atoms with van der Waals surface area (Å²) in [5, 5.41) is 9.78. The van der Waals surface area contributed by atoms with Crippen LogP contribution in [-0.2, 0) is 62.3 Å². The number of rotatable bonds is 12. The van der Waals surface area contributed by atoms with Crippen LogP contribution in [0.25, 0.3) is 0 Å². The van der Waals surface area contributed by atoms with E-state index in [2.05, 4.69) is 0 Å². The maximum absolute atomic E-state index is 14.8. The first-order valence-electron chi connectivity index (χ1n) is 33.3. The maximum Gasteiger partial charge on any atom is 0.326 e. The van der Waals surface area contributed by atoms with Gasteiger partial charge in [0.25, 0.3) is 0 Å². The van der Waals surface area contributed by atoms with Gasteiger partial charge in [-0.2, -0.15) is 0 Å². The second-order valence-corrected chi connectivity index (χ2v) is 26.8. The van der Waals surface area contributed by atoms with Crippen molar-refractivity contribution in [3.8, 4) is 0 Å². The lowest BCUT2D eigenvalue weighted by atomic mass is 10.1. The van der Waals surface area contributed by atoms with Gasteiger partial charge in [-0.25, -0.2) is 4.79 Å². The maximum atomic E-state index is 14.8. The van der Waals surface area contributed by atoms with Gasteiger partial charge in [0.2, 0.25) is 70.9 Å². The molecular formula is C62H88N12O14. The molecule has 12 atom stereocenters. The fourth-order valence-corrected chi connectivity index (χ4v) is 17.7. The highest BCUT2D eigenvalue weighted by Crippen LogP contribution is 2.37. The largest absolute Gasteiger partial charge is 0.480 e. The molecule has 0 saturated carbocycles. The van der Waals surface area contributed by atoms with E-state index in [1.807, 2.05) is 0 Å². The minimum absolute atomic E-state index is 0.176. The van der Waals surface area contributed by atoms with Crippen LogP contribution in [0.1, 0.15) is 161 Å². The molecule has 12 heterocycles. The van der Waals surface area contributed by atoms with Crippen molar-refractivity contribution in [2.45, 2.75) is 234 Å². The van der Waals surface area contributed by atoms with Crippen molar-refractivity contribution in [3.05, 3.63) is 0 Å². The van der Waals surface area contributed by atoms with E-state index in [1.54, 1.807) is 49.0 Å². The molecule has 12 aliphatic rings. The van der Waals surface area contributed by atoms with Gasteiger partial charge >= 0.3 is 5.97 Å². The molecule has 0 spiro atoms. The third kappa shape index (κ3) is 11.0. The highest BCUT2D eigenvalue weighted by Gasteiger charge is 2.54. The molecule has 1 N–H and O–H groups in total. The number of nitrogens with zero attached hydrogens (tertiary/aromatic N) is 12. The van der Waals surface area contributed by atoms with Crippen molar-refractivity contribution in [2.24, 2.45) is 0 Å². The molecular weight excluding hydrogens is 1140 g/mol. The Hall–Kier alpha value is -6.89. The first-order chi connectivity index (χ1) is 42.5. The van der Waals surface area contributed by atoms with E-state index in [-0.39, 0.29) is 90.5 Å². The third-order valence-corrected chi connectivity index (χ3v) is 22.0. The molecule has 0 radical (unpaired) electrons. The van der Waals surface area contributed by atoms with E-state index < -0.39 is 78.5 Å². The number of amides is 12. The van der Waals surface area contributed by atoms with Gasteiger partial charge in [0, 0.05) is 85.5 Å². The van der Waals surface area contributed by atoms with Crippen LogP contribution in [0.3, 0.4) is 0 Å². The summed E-state index contributed by atoms with van der Waals surface area (Å²) >= 11 is 0. The van der Waals surface area contributed by atoms with Gasteiger partial charge in [-0.1, -0.05) is 0 Å². The first-order valence-corrected chi connectivity index (χ1v) is 33.3. The number of hydrogen-bond donors (Lipinski definition) is 1. The Kier molecular flexibility index (Phi) is 17.8. The van der Waals surface area contributed by atoms with Crippen LogP contribution < -0.4 is 0 Å². The number of hydrogen-bond acceptors (Lipinski definition) is 13. The van der Waals surface area contributed by atoms with Crippen LogP contribution in [0, 0.1) is 0 Å². The second kappa shape index (κ2) is 25.5. The van der Waals surface area contributed by atoms with Crippen molar-refractivity contribution in [1.29, 1.82) is 0 Å². The smallest absolute Gasteiger partial charge is 0.326 e. The molecule has 0 aromatic carbocycles. The summed E-state index contributed by atoms with van der Waals surface area (Å²) in [5.74, 6) is -4.88. The van der Waals surface area contributed by atoms with Crippen molar-refractivity contribution < 1.29 is 67.4 Å². The Balaban J connectivity index is 0.662. The Morgan fingerprint density at radius 2 is 0.318 bits per heavy atom. The van der Waals surface area contributed by atoms with Gasteiger partial charge in [0.05, 0.1) is 0 Å². The Morgan fingerprint density at radius 1 is 0.205 bits per heavy atom. The zero-order chi connectivity index (χ0) is 61.8. The summed E-state index contributed by atoms with van der Waals surface area (Å²) < 4.78 is 0. The quantitative estimate of drug-likeness (QED) is 0.269. The molecule has 0 bridgehead atoms. The molecule has 12 amide bonds. The average molecular weight is 1230 g/mol. The number of aliphatic carboxylic acids is 1. The molecule has 4 unspecified atom stereocenters. The number of carboxylic acid groups (broad SMARTS) is 1. The lowest BCUT2D eigenvalue weighted by Gasteiger charge is -2.38. The summed E-state index contributed by atoms with van der Waals surface area (Å²) in [5.41, 5.74) is 0. The standard InChI is InChI=1S/C62H88N12O14/c1-38(75)63-26-2-14-39(63)51(76)64-27-3-15-40(64)52(77)65-28-4-16-41(65)53(78)66-29-5-17-42(66)54(79)67-30-6-18-43(67)55(80)68-31-7-19-44(68)56(81)69-32-8-20-45(69)57(82)70-33-9-21-46(70)58(83)71-34-10-22-47(71)59(84)72-35-11-23-48(72)60(85)73-36-12-24-49(73)61(86)74-37-13-25-50(74)62(87)88/h39-50H,2-37H2,1H3,(H,87,88)/t39-,40-,41-,42-,43-,44-,45?,46?,47?,48?,49-,50-/m0/s1. The molecule has 88 heavy (non-hydrogen) atoms. The van der Waals surface area contributed by atoms with Crippen molar-refractivity contribution in [3.63, 3.8) is 0 Å². The topological polar surface area (TPSA) is 281 Å². The lowest BCUT2D eigenvalue weighted by Crippen LogP contribution is -2.59. The Morgan fingerprint density at radius 3 is 0.455 bits per heavy atom. The minimum atomic E-state index is -1.07. The molecule has 12 saturated heterocycles. The SMILES string of the molecule is CC(=O)N1CCC[C@H]1C(=O)N1CCC[C@H]1C(=O)N1CCC[C@H]1C(=O)N1CCC[C@H]1C(=O)N1CCC[C@H]1C(=O)N1CCC[C@H]1C(=O)N1CCCC1C(=O)N1CCCC1C(=O)N1CCCC1C(=O)N1CCCC1C(=O)N1CCC[C@H]1C(=O)N1CCC[C@H]1C(=O)O. The monoisotopic (exact) mass is 1220 g/mol. The van der Waals surface area contributed by atoms with Crippen LogP contribution in [0.15, 0.2) is 0 Å². The van der Waals surface area contributed by atoms with E-state index in [9.17, 15) is 67.4 Å². The molecule has 0 aliphatic carbocycles. The second-order valence-electron chi connectivity index (χ2n) is 26.8. The summed E-state index contributed by atoms with van der Waals surface area (Å²) in [4.78, 5) is 203. The molecule has 12 rings (SSSR count). The van der Waals surface area contributed by atoms with E-state index in [0.29, 0.717) is 213 Å². The van der Waals surface area contributed by atoms with Gasteiger partial charge in [0.15, 0.2) is 0 Å². The van der Waals surface area contributed by atoms with Crippen molar-refractivity contribution >= 4 is 76.9 Å². The van der Waals surface area contributed by atoms with Crippen LogP contribution >= 0.6 is 0 Å². The molecule has 26 heteroatoms. The van der Waals surface area contributed by atoms with Crippen LogP contribution in [0.4, 0.5) is 0 Å². The highest BCUT2D eigenvalue weighted by atomic mass is 16.4. The Labute approximate surface area is 513 Å². The van der Waals surface area contributed by atoms with Crippen LogP contribution in [-0.4, -0.2) is 292 Å². The van der Waals surface area contributed by atoms with Gasteiger partial charge < -0.3 is 63.9 Å². The van der Waals surface area contributed by atoms with Gasteiger partial charge in [-0.15, -0.1) is 0 Å². The van der Waals surface area contributed by atoms with Crippen molar-refractivity contribution in [1.82, 2.24) is 58.8 Å². The van der Waals surface area contributed by atoms with Crippen LogP contribution in [0.2, 0.25) is 0 Å². The predicted molar refractivity (Wildman–Crippen MR) is 310 cm³/mol. The van der Waals surface area contributed by atoms with Gasteiger partial charge in [-0.05, 0) is 154 Å². The summed E-state index contributed by atoms with van der Waals surface area (Å²) in [6.07, 6.45) is 11.7. The number of carboxylic acids is 1. The number of likely N-dealkylation sites (tertiary alicyclic amines) is 12. The minimum Gasteiger partial charge on any atom is -0.480 e. The average Bonchev–Trinajstić information content (AvgIpc) is 4.59. The van der Waals surface area contributed by atoms with E-state index in [1.165, 1.54) is 16.7 Å². The molecule has 12 aliphatic heterocycles. The van der Waals surface area contributed by atoms with E-state index >= 15 is 0 Å². The summed E-state index contributed by atoms with van der Waals surface area (Å²) in [7, 11) is 0. The molecule has 12 fully saturated rings. The predicted octanol–water partition coefficient (Wildman–Crippen LogP) is -0.0171. The molecule has 0 aromatic heterocycles. The molecule has 480 valence electrons. The summed E-state index contributed by atoms with van der Waals surface area (Å²) in [6.45, 7) is 5.38. The Bertz CT molecular complexity index is 2670. The zero-order valence-electron chi connectivity index (χ0n) is 51.0. The normalized spacial score (nSPS) is 32.5. The lowest BCUT2D eigenvalue weighted by molar-refractivity contribution is -0.156. The van der Waals surface area contributed by atoms with Gasteiger partial charge in [0.1, 0.15) is 72.5 Å². The van der Waals surface area contributed by atoms with Crippen molar-refractivity contribution in [2.75, 3.05) is 78.5 Å². The van der Waals surface area contributed by atoms with Gasteiger partial charge in [-0.3, -0.25) is 57.5 Å². The first kappa shape index (κ1) is 61.4. The molecule has 0 aromatic rings. The zero-order valence-corrected chi connectivity index (χ0v) is 51.0. The highest BCUT2D eigenvalue weighted by molar-refractivity contribution is 6.01. The number of carbonyl (C=O) groups excluding carboxylic acids is 12. The number of carbonyl (C=O) groups is 13. The van der Waals surface area contributed by atoms with E-state index in [4.69, 9.17) is 0 Å². The fourth-order valence-electron chi connectivity index (χ4n) is 17.7. The van der Waals surface area contributed by atoms with E-state index in [0.717, 1.165) is 0 Å². The fraction of sp³-hybridized carbons (Fsp3) is 0.790.